The van der Waals surface area contributed by atoms with E-state index in [-0.39, 0.29) is 12.5 Å². The van der Waals surface area contributed by atoms with Crippen LogP contribution in [0.2, 0.25) is 0 Å². The molecule has 4 heteroatoms. The van der Waals surface area contributed by atoms with Gasteiger partial charge in [0.15, 0.2) is 0 Å². The fraction of sp³-hybridized carbons (Fsp3) is 0.923. The monoisotopic (exact) mass is 242 g/mol. The van der Waals surface area contributed by atoms with Crippen LogP contribution in [0, 0.1) is 0 Å². The minimum Gasteiger partial charge on any atom is -0.375 e. The van der Waals surface area contributed by atoms with E-state index in [0.717, 1.165) is 25.6 Å². The van der Waals surface area contributed by atoms with Gasteiger partial charge in [0.25, 0.3) is 0 Å². The Morgan fingerprint density at radius 1 is 1.35 bits per heavy atom. The van der Waals surface area contributed by atoms with Gasteiger partial charge >= 0.3 is 0 Å². The predicted octanol–water partition coefficient (Wildman–Crippen LogP) is 1.40. The summed E-state index contributed by atoms with van der Waals surface area (Å²) in [6.07, 6.45) is 7.85. The van der Waals surface area contributed by atoms with Gasteiger partial charge in [-0.25, -0.2) is 0 Å². The molecule has 1 fully saturated rings. The van der Waals surface area contributed by atoms with E-state index in [0.29, 0.717) is 0 Å². The molecule has 1 rings (SSSR count). The lowest BCUT2D eigenvalue weighted by molar-refractivity contribution is -0.124. The second-order valence-corrected chi connectivity index (χ2v) is 4.91. The Kier molecular flexibility index (Phi) is 7.21. The number of rotatable bonds is 7. The summed E-state index contributed by atoms with van der Waals surface area (Å²) in [6.45, 7) is 1.98. The number of methoxy groups -OCH3 is 1. The topological polar surface area (TPSA) is 41.6 Å². The number of nitrogens with zero attached hydrogens (tertiary/aromatic N) is 1. The van der Waals surface area contributed by atoms with Crippen LogP contribution in [0.5, 0.6) is 0 Å². The molecule has 0 aromatic heterocycles. The molecule has 0 radical (unpaired) electrons. The molecule has 0 unspecified atom stereocenters. The lowest BCUT2D eigenvalue weighted by Crippen LogP contribution is -2.36. The van der Waals surface area contributed by atoms with Gasteiger partial charge in [-0.3, -0.25) is 4.79 Å². The molecular weight excluding hydrogens is 216 g/mol. The molecule has 0 aromatic carbocycles. The fourth-order valence-corrected chi connectivity index (χ4v) is 2.44. The van der Waals surface area contributed by atoms with E-state index in [9.17, 15) is 4.79 Å². The average molecular weight is 242 g/mol. The summed E-state index contributed by atoms with van der Waals surface area (Å²) in [5.41, 5.74) is 0. The van der Waals surface area contributed by atoms with Crippen molar-refractivity contribution in [2.24, 2.45) is 0 Å². The van der Waals surface area contributed by atoms with Crippen molar-refractivity contribution in [3.63, 3.8) is 0 Å². The van der Waals surface area contributed by atoms with Crippen molar-refractivity contribution in [1.82, 2.24) is 10.2 Å². The van der Waals surface area contributed by atoms with Crippen LogP contribution < -0.4 is 5.32 Å². The third kappa shape index (κ3) is 6.03. The first-order chi connectivity index (χ1) is 8.24. The molecule has 0 aliphatic heterocycles. The van der Waals surface area contributed by atoms with Gasteiger partial charge in [-0.15, -0.1) is 0 Å². The van der Waals surface area contributed by atoms with Gasteiger partial charge in [0.05, 0.1) is 0 Å². The smallest absolute Gasteiger partial charge is 0.245 e. The predicted molar refractivity (Wildman–Crippen MR) is 69.0 cm³/mol. The Morgan fingerprint density at radius 3 is 2.71 bits per heavy atom. The van der Waals surface area contributed by atoms with Gasteiger partial charge < -0.3 is 15.0 Å². The second kappa shape index (κ2) is 8.48. The van der Waals surface area contributed by atoms with Gasteiger partial charge in [0.1, 0.15) is 6.61 Å². The lowest BCUT2D eigenvalue weighted by Gasteiger charge is -2.31. The molecule has 1 N–H and O–H groups in total. The first kappa shape index (κ1) is 14.5. The summed E-state index contributed by atoms with van der Waals surface area (Å²) in [6, 6.07) is 0.762. The summed E-state index contributed by atoms with van der Waals surface area (Å²) >= 11 is 0. The molecule has 0 atom stereocenters. The van der Waals surface area contributed by atoms with Gasteiger partial charge in [-0.2, -0.15) is 0 Å². The molecule has 0 bridgehead atoms. The highest BCUT2D eigenvalue weighted by molar-refractivity contribution is 5.77. The minimum absolute atomic E-state index is 0.0205. The Bertz CT molecular complexity index is 215. The van der Waals surface area contributed by atoms with Crippen molar-refractivity contribution >= 4 is 5.91 Å². The molecule has 1 aliphatic rings. The molecule has 4 nitrogen and oxygen atoms in total. The number of hydrogen-bond donors (Lipinski definition) is 1. The summed E-state index contributed by atoms with van der Waals surface area (Å²) < 4.78 is 4.75. The summed E-state index contributed by atoms with van der Waals surface area (Å²) in [7, 11) is 3.74. The van der Waals surface area contributed by atoms with E-state index >= 15 is 0 Å². The third-order valence-corrected chi connectivity index (χ3v) is 3.48. The molecule has 1 saturated carbocycles. The molecule has 1 amide bonds. The van der Waals surface area contributed by atoms with E-state index in [4.69, 9.17) is 4.74 Å². The van der Waals surface area contributed by atoms with Crippen LogP contribution in [-0.4, -0.2) is 50.7 Å². The first-order valence-corrected chi connectivity index (χ1v) is 6.70. The summed E-state index contributed by atoms with van der Waals surface area (Å²) in [4.78, 5) is 13.6. The lowest BCUT2D eigenvalue weighted by atomic mass is 9.94. The van der Waals surface area contributed by atoms with Crippen LogP contribution in [0.25, 0.3) is 0 Å². The van der Waals surface area contributed by atoms with Crippen LogP contribution in [0.4, 0.5) is 0 Å². The van der Waals surface area contributed by atoms with Crippen LogP contribution in [0.1, 0.15) is 38.5 Å². The first-order valence-electron chi connectivity index (χ1n) is 6.70. The van der Waals surface area contributed by atoms with Crippen molar-refractivity contribution in [2.45, 2.75) is 44.6 Å². The summed E-state index contributed by atoms with van der Waals surface area (Å²) in [5.74, 6) is -0.0205. The van der Waals surface area contributed by atoms with Gasteiger partial charge in [-0.05, 0) is 32.9 Å². The summed E-state index contributed by atoms with van der Waals surface area (Å²) in [5, 5.41) is 2.85. The van der Waals surface area contributed by atoms with Crippen molar-refractivity contribution in [1.29, 1.82) is 0 Å². The van der Waals surface area contributed by atoms with E-state index in [1.807, 2.05) is 0 Å². The maximum Gasteiger partial charge on any atom is 0.245 e. The van der Waals surface area contributed by atoms with Crippen molar-refractivity contribution in [3.05, 3.63) is 0 Å². The van der Waals surface area contributed by atoms with Crippen molar-refractivity contribution in [3.8, 4) is 0 Å². The molecule has 0 aromatic rings. The van der Waals surface area contributed by atoms with Gasteiger partial charge in [0, 0.05) is 19.7 Å². The SMILES string of the molecule is COCC(=O)NCCCN(C)C1CCCCC1. The highest BCUT2D eigenvalue weighted by atomic mass is 16.5. The van der Waals surface area contributed by atoms with Crippen LogP contribution in [0.15, 0.2) is 0 Å². The van der Waals surface area contributed by atoms with E-state index in [1.54, 1.807) is 0 Å². The largest absolute Gasteiger partial charge is 0.375 e. The Morgan fingerprint density at radius 2 is 2.06 bits per heavy atom. The highest BCUT2D eigenvalue weighted by Crippen LogP contribution is 2.21. The molecule has 0 saturated heterocycles. The zero-order chi connectivity index (χ0) is 12.5. The van der Waals surface area contributed by atoms with E-state index < -0.39 is 0 Å². The average Bonchev–Trinajstić information content (AvgIpc) is 2.36. The van der Waals surface area contributed by atoms with Crippen LogP contribution in [0.3, 0.4) is 0 Å². The Hall–Kier alpha value is -0.610. The highest BCUT2D eigenvalue weighted by Gasteiger charge is 2.17. The standard InChI is InChI=1S/C13H26N2O2/c1-15(12-7-4-3-5-8-12)10-6-9-14-13(16)11-17-2/h12H,3-11H2,1-2H3,(H,14,16). The third-order valence-electron chi connectivity index (χ3n) is 3.48. The maximum absolute atomic E-state index is 11.1. The molecule has 100 valence electrons. The maximum atomic E-state index is 11.1. The van der Waals surface area contributed by atoms with E-state index in [2.05, 4.69) is 17.3 Å². The molecule has 0 heterocycles. The Labute approximate surface area is 105 Å². The van der Waals surface area contributed by atoms with Crippen molar-refractivity contribution < 1.29 is 9.53 Å². The zero-order valence-electron chi connectivity index (χ0n) is 11.2. The van der Waals surface area contributed by atoms with Crippen LogP contribution in [-0.2, 0) is 9.53 Å². The molecule has 1 aliphatic carbocycles. The quantitative estimate of drug-likeness (QED) is 0.686. The number of carbonyl (C=O) groups is 1. The van der Waals surface area contributed by atoms with Gasteiger partial charge in [0.2, 0.25) is 5.91 Å². The number of amides is 1. The van der Waals surface area contributed by atoms with E-state index in [1.165, 1.54) is 39.2 Å². The fourth-order valence-electron chi connectivity index (χ4n) is 2.44. The normalized spacial score (nSPS) is 17.4. The number of ether oxygens (including phenoxy) is 1. The number of nitrogens with one attached hydrogen (secondary N) is 1. The number of carbonyl (C=O) groups excluding carboxylic acids is 1. The zero-order valence-corrected chi connectivity index (χ0v) is 11.2. The minimum atomic E-state index is -0.0205. The number of hydrogen-bond acceptors (Lipinski definition) is 3. The van der Waals surface area contributed by atoms with Gasteiger partial charge in [-0.1, -0.05) is 19.3 Å². The molecule has 17 heavy (non-hydrogen) atoms. The van der Waals surface area contributed by atoms with Crippen molar-refractivity contribution in [2.75, 3.05) is 33.9 Å². The second-order valence-electron chi connectivity index (χ2n) is 4.91. The Balaban J connectivity index is 2.03. The van der Waals surface area contributed by atoms with Crippen LogP contribution >= 0.6 is 0 Å². The molecular formula is C13H26N2O2. The molecule has 0 spiro atoms.